The van der Waals surface area contributed by atoms with Gasteiger partial charge < -0.3 is 64.6 Å². The standard InChI is InChI=1S/C31H51N9O9.C2H4O2/c1-17(2)25(29(47)39-23(30(48)49)16-18-8-10-19(41)11-9-18)40-28(46)22(12-13-24(42)43)38-27(45)21(7-3-4-14-32)37-26(44)20(33)6-5-15-36-31(34)35;1-2(3)4/h8-11,17,20-23,25,41H,3-7,12-16,32-33H2,1-2H3,(H,37,44)(H,38,45)(H,39,47)(H,40,46)(H,42,43)(H,48,49)(H4,34,35,36);1H3,(H,3,4). The number of carbonyl (C=O) groups excluding carboxylic acids is 4. The van der Waals surface area contributed by atoms with Gasteiger partial charge in [-0.1, -0.05) is 26.0 Å². The highest BCUT2D eigenvalue weighted by molar-refractivity contribution is 5.95. The Morgan fingerprint density at radius 3 is 1.77 bits per heavy atom. The average Bonchev–Trinajstić information content (AvgIpc) is 3.06. The Bertz CT molecular complexity index is 1380. The maximum atomic E-state index is 13.5. The minimum atomic E-state index is -1.44. The molecule has 5 unspecified atom stereocenters. The molecular formula is C33H55N9O11. The molecule has 0 aromatic heterocycles. The molecular weight excluding hydrogens is 698 g/mol. The van der Waals surface area contributed by atoms with Crippen LogP contribution in [0.2, 0.25) is 0 Å². The van der Waals surface area contributed by atoms with Crippen molar-refractivity contribution in [2.24, 2.45) is 33.8 Å². The first-order valence-electron chi connectivity index (χ1n) is 16.9. The van der Waals surface area contributed by atoms with Crippen molar-refractivity contribution >= 4 is 47.5 Å². The summed E-state index contributed by atoms with van der Waals surface area (Å²) in [4.78, 5) is 89.2. The van der Waals surface area contributed by atoms with Gasteiger partial charge in [-0.15, -0.1) is 0 Å². The summed E-state index contributed by atoms with van der Waals surface area (Å²) >= 11 is 0. The molecule has 20 heteroatoms. The molecule has 0 bridgehead atoms. The fraction of sp³-hybridized carbons (Fsp3) is 0.576. The summed E-state index contributed by atoms with van der Waals surface area (Å²) in [7, 11) is 0. The number of phenolic OH excluding ortho intramolecular Hbond substituents is 1. The van der Waals surface area contributed by atoms with Crippen molar-refractivity contribution in [1.82, 2.24) is 21.3 Å². The number of benzene rings is 1. The highest BCUT2D eigenvalue weighted by Crippen LogP contribution is 2.13. The van der Waals surface area contributed by atoms with E-state index in [0.717, 1.165) is 6.92 Å². The minimum absolute atomic E-state index is 0.0179. The lowest BCUT2D eigenvalue weighted by Gasteiger charge is -2.28. The fourth-order valence-electron chi connectivity index (χ4n) is 4.62. The van der Waals surface area contributed by atoms with E-state index in [4.69, 9.17) is 32.8 Å². The molecule has 298 valence electrons. The number of amides is 4. The third-order valence-electron chi connectivity index (χ3n) is 7.40. The Kier molecular flexibility index (Phi) is 22.8. The zero-order valence-electron chi connectivity index (χ0n) is 30.2. The maximum absolute atomic E-state index is 13.5. The fourth-order valence-corrected chi connectivity index (χ4v) is 4.62. The number of carboxylic acid groups (broad SMARTS) is 3. The lowest BCUT2D eigenvalue weighted by Crippen LogP contribution is -2.59. The number of nitrogens with one attached hydrogen (secondary N) is 4. The van der Waals surface area contributed by atoms with Gasteiger partial charge in [-0.3, -0.25) is 33.8 Å². The molecule has 20 nitrogen and oxygen atoms in total. The number of nitrogens with two attached hydrogens (primary N) is 4. The van der Waals surface area contributed by atoms with Crippen LogP contribution >= 0.6 is 0 Å². The Labute approximate surface area is 307 Å². The SMILES string of the molecule is CC(=O)O.CC(C)C(NC(=O)C(CCC(=O)O)NC(=O)C(CCCCN)NC(=O)C(N)CCCN=C(N)N)C(=O)NC(Cc1ccc(O)cc1)C(=O)O. The van der Waals surface area contributed by atoms with Gasteiger partial charge in [-0.2, -0.15) is 0 Å². The molecule has 0 saturated heterocycles. The molecule has 1 aromatic carbocycles. The van der Waals surface area contributed by atoms with E-state index in [-0.39, 0.29) is 43.9 Å². The van der Waals surface area contributed by atoms with Crippen LogP contribution in [0.1, 0.15) is 71.3 Å². The first-order chi connectivity index (χ1) is 24.8. The molecule has 0 aliphatic carbocycles. The van der Waals surface area contributed by atoms with Crippen LogP contribution < -0.4 is 44.2 Å². The molecule has 0 radical (unpaired) electrons. The topological polar surface area (TPSA) is 365 Å². The van der Waals surface area contributed by atoms with Crippen LogP contribution in [0.25, 0.3) is 0 Å². The molecule has 1 rings (SSSR count). The van der Waals surface area contributed by atoms with E-state index in [2.05, 4.69) is 26.3 Å². The zero-order chi connectivity index (χ0) is 40.7. The number of aliphatic carboxylic acids is 3. The maximum Gasteiger partial charge on any atom is 0.326 e. The summed E-state index contributed by atoms with van der Waals surface area (Å²) in [6.07, 6.45) is 0.711. The number of guanidine groups is 1. The Morgan fingerprint density at radius 2 is 1.26 bits per heavy atom. The Balaban J connectivity index is 0.00000640. The van der Waals surface area contributed by atoms with E-state index >= 15 is 0 Å². The highest BCUT2D eigenvalue weighted by atomic mass is 16.4. The van der Waals surface area contributed by atoms with Gasteiger partial charge in [-0.05, 0) is 68.7 Å². The van der Waals surface area contributed by atoms with Crippen LogP contribution in [0.3, 0.4) is 0 Å². The summed E-state index contributed by atoms with van der Waals surface area (Å²) < 4.78 is 0. The number of carboxylic acids is 3. The van der Waals surface area contributed by atoms with Crippen molar-refractivity contribution < 1.29 is 54.0 Å². The lowest BCUT2D eigenvalue weighted by molar-refractivity contribution is -0.142. The highest BCUT2D eigenvalue weighted by Gasteiger charge is 2.33. The zero-order valence-corrected chi connectivity index (χ0v) is 30.2. The summed E-state index contributed by atoms with van der Waals surface area (Å²) in [6.45, 7) is 4.87. The number of unbranched alkanes of at least 4 members (excludes halogenated alkanes) is 1. The van der Waals surface area contributed by atoms with Gasteiger partial charge in [0, 0.05) is 26.3 Å². The molecule has 1 aromatic rings. The quantitative estimate of drug-likeness (QED) is 0.0329. The van der Waals surface area contributed by atoms with Crippen LogP contribution in [0, 0.1) is 5.92 Å². The number of phenols is 1. The second-order valence-corrected chi connectivity index (χ2v) is 12.4. The van der Waals surface area contributed by atoms with E-state index < -0.39 is 84.1 Å². The summed E-state index contributed by atoms with van der Waals surface area (Å²) in [5.74, 6) is -7.23. The van der Waals surface area contributed by atoms with Crippen molar-refractivity contribution in [3.63, 3.8) is 0 Å². The van der Waals surface area contributed by atoms with Gasteiger partial charge >= 0.3 is 11.9 Å². The number of rotatable bonds is 23. The minimum Gasteiger partial charge on any atom is -0.508 e. The van der Waals surface area contributed by atoms with Crippen LogP contribution in [0.15, 0.2) is 29.3 Å². The summed E-state index contributed by atoms with van der Waals surface area (Å²) in [5, 5.41) is 45.9. The molecule has 0 saturated carbocycles. The normalized spacial score (nSPS) is 13.4. The van der Waals surface area contributed by atoms with Crippen LogP contribution in [-0.4, -0.2) is 111 Å². The van der Waals surface area contributed by atoms with Gasteiger partial charge in [0.05, 0.1) is 6.04 Å². The monoisotopic (exact) mass is 753 g/mol. The van der Waals surface area contributed by atoms with E-state index in [0.29, 0.717) is 31.4 Å². The molecule has 16 N–H and O–H groups in total. The van der Waals surface area contributed by atoms with Gasteiger partial charge in [-0.25, -0.2) is 4.79 Å². The second kappa shape index (κ2) is 25.5. The molecule has 5 atom stereocenters. The largest absolute Gasteiger partial charge is 0.508 e. The van der Waals surface area contributed by atoms with E-state index in [9.17, 15) is 44.1 Å². The van der Waals surface area contributed by atoms with Crippen molar-refractivity contribution in [3.05, 3.63) is 29.8 Å². The molecule has 0 spiro atoms. The average molecular weight is 754 g/mol. The lowest BCUT2D eigenvalue weighted by atomic mass is 10.00. The number of nitrogens with zero attached hydrogens (tertiary/aromatic N) is 1. The Hall–Kier alpha value is -5.50. The number of aliphatic imine (C=N–C) groups is 1. The Morgan fingerprint density at radius 1 is 0.736 bits per heavy atom. The van der Waals surface area contributed by atoms with Gasteiger partial charge in [0.1, 0.15) is 29.9 Å². The van der Waals surface area contributed by atoms with E-state index in [1.54, 1.807) is 13.8 Å². The molecule has 0 aliphatic heterocycles. The number of carbonyl (C=O) groups is 7. The number of aromatic hydroxyl groups is 1. The van der Waals surface area contributed by atoms with Gasteiger partial charge in [0.2, 0.25) is 23.6 Å². The van der Waals surface area contributed by atoms with E-state index in [1.807, 2.05) is 0 Å². The van der Waals surface area contributed by atoms with Crippen molar-refractivity contribution in [1.29, 1.82) is 0 Å². The summed E-state index contributed by atoms with van der Waals surface area (Å²) in [6, 6.07) is -0.484. The second-order valence-electron chi connectivity index (χ2n) is 12.4. The predicted molar refractivity (Wildman–Crippen MR) is 193 cm³/mol. The van der Waals surface area contributed by atoms with E-state index in [1.165, 1.54) is 24.3 Å². The molecule has 4 amide bonds. The third kappa shape index (κ3) is 21.5. The molecule has 53 heavy (non-hydrogen) atoms. The molecule has 0 heterocycles. The number of hydrogen-bond donors (Lipinski definition) is 12. The van der Waals surface area contributed by atoms with Crippen molar-refractivity contribution in [2.75, 3.05) is 13.1 Å². The first kappa shape index (κ1) is 47.5. The number of hydrogen-bond acceptors (Lipinski definition) is 11. The van der Waals surface area contributed by atoms with Crippen LogP contribution in [0.4, 0.5) is 0 Å². The van der Waals surface area contributed by atoms with Gasteiger partial charge in [0.15, 0.2) is 5.96 Å². The third-order valence-corrected chi connectivity index (χ3v) is 7.40. The first-order valence-corrected chi connectivity index (χ1v) is 16.9. The predicted octanol–water partition coefficient (Wildman–Crippen LogP) is -1.92. The van der Waals surface area contributed by atoms with Crippen LogP contribution in [-0.2, 0) is 40.0 Å². The van der Waals surface area contributed by atoms with Gasteiger partial charge in [0.25, 0.3) is 5.97 Å². The van der Waals surface area contributed by atoms with Crippen molar-refractivity contribution in [3.8, 4) is 5.75 Å². The van der Waals surface area contributed by atoms with Crippen LogP contribution in [0.5, 0.6) is 5.75 Å². The molecule has 0 fully saturated rings. The smallest absolute Gasteiger partial charge is 0.326 e. The summed E-state index contributed by atoms with van der Waals surface area (Å²) in [5.41, 5.74) is 22.7. The van der Waals surface area contributed by atoms with Crippen molar-refractivity contribution in [2.45, 2.75) is 102 Å². The molecule has 0 aliphatic rings.